The number of benzene rings is 2. The molecule has 4 rings (SSSR count). The highest BCUT2D eigenvalue weighted by molar-refractivity contribution is 6.30. The Bertz CT molecular complexity index is 1410. The lowest BCUT2D eigenvalue weighted by Crippen LogP contribution is -2.59. The summed E-state index contributed by atoms with van der Waals surface area (Å²) in [4.78, 5) is 29.3. The van der Waals surface area contributed by atoms with Crippen molar-refractivity contribution < 1.29 is 30.7 Å². The number of nitrogens with zero attached hydrogens (tertiary/aromatic N) is 2. The highest BCUT2D eigenvalue weighted by Gasteiger charge is 2.75. The number of anilines is 1. The molecule has 3 aromatic rings. The van der Waals surface area contributed by atoms with Crippen LogP contribution in [0, 0.1) is 5.82 Å². The summed E-state index contributed by atoms with van der Waals surface area (Å²) >= 11 is 5.74. The average Bonchev–Trinajstić information content (AvgIpc) is 2.73. The van der Waals surface area contributed by atoms with Gasteiger partial charge in [0.15, 0.2) is 0 Å². The number of alkyl halides is 6. The number of rotatable bonds is 2. The average molecular weight is 507 g/mol. The van der Waals surface area contributed by atoms with Crippen molar-refractivity contribution in [1.82, 2.24) is 9.55 Å². The predicted octanol–water partition coefficient (Wildman–Crippen LogP) is 4.51. The summed E-state index contributed by atoms with van der Waals surface area (Å²) in [5.41, 5.74) is -11.5. The second-order valence-corrected chi connectivity index (χ2v) is 7.50. The Balaban J connectivity index is 2.20. The number of aromatic nitrogens is 2. The number of aromatic amines is 1. The maximum absolute atomic E-state index is 14.5. The lowest BCUT2D eigenvalue weighted by Gasteiger charge is -2.38. The molecule has 2 aromatic carbocycles. The van der Waals surface area contributed by atoms with Crippen LogP contribution in [0.3, 0.4) is 0 Å². The summed E-state index contributed by atoms with van der Waals surface area (Å²) in [6, 6.07) is 8.67. The Hall–Kier alpha value is -3.61. The summed E-state index contributed by atoms with van der Waals surface area (Å²) in [7, 11) is 0. The van der Waals surface area contributed by atoms with Crippen molar-refractivity contribution in [1.29, 1.82) is 0 Å². The van der Waals surface area contributed by atoms with Crippen LogP contribution < -0.4 is 16.6 Å². The van der Waals surface area contributed by atoms with Gasteiger partial charge in [0.05, 0.1) is 5.69 Å². The zero-order valence-electron chi connectivity index (χ0n) is 16.4. The van der Waals surface area contributed by atoms with Crippen LogP contribution in [0.5, 0.6) is 0 Å². The third kappa shape index (κ3) is 3.47. The second kappa shape index (κ2) is 7.72. The molecule has 0 saturated heterocycles. The fourth-order valence-electron chi connectivity index (χ4n) is 3.53. The quantitative estimate of drug-likeness (QED) is 0.502. The van der Waals surface area contributed by atoms with Gasteiger partial charge in [-0.05, 0) is 36.4 Å². The van der Waals surface area contributed by atoms with E-state index in [9.17, 15) is 40.3 Å². The first-order chi connectivity index (χ1) is 15.8. The molecule has 0 radical (unpaired) electrons. The van der Waals surface area contributed by atoms with E-state index >= 15 is 0 Å². The molecule has 1 aliphatic heterocycles. The number of amidine groups is 1. The van der Waals surface area contributed by atoms with E-state index in [1.807, 2.05) is 0 Å². The van der Waals surface area contributed by atoms with Crippen molar-refractivity contribution in [2.24, 2.45) is 4.99 Å². The van der Waals surface area contributed by atoms with E-state index in [-0.39, 0.29) is 15.2 Å². The normalized spacial score (nSPS) is 15.4. The number of para-hydroxylation sites is 1. The van der Waals surface area contributed by atoms with Gasteiger partial charge in [-0.1, -0.05) is 23.7 Å². The van der Waals surface area contributed by atoms with Crippen LogP contribution in [0.15, 0.2) is 63.1 Å². The minimum absolute atomic E-state index is 0.123. The molecule has 0 spiro atoms. The van der Waals surface area contributed by atoms with Crippen LogP contribution in [0.2, 0.25) is 5.02 Å². The summed E-state index contributed by atoms with van der Waals surface area (Å²) < 4.78 is 100. The van der Waals surface area contributed by atoms with Gasteiger partial charge in [-0.15, -0.1) is 0 Å². The second-order valence-electron chi connectivity index (χ2n) is 7.07. The van der Waals surface area contributed by atoms with Crippen molar-refractivity contribution in [3.05, 3.63) is 91.3 Å². The number of hydrogen-bond acceptors (Lipinski definition) is 4. The number of hydrogen-bond donors (Lipinski definition) is 2. The number of halogens is 8. The van der Waals surface area contributed by atoms with Crippen molar-refractivity contribution >= 4 is 23.3 Å². The maximum atomic E-state index is 14.5. The van der Waals surface area contributed by atoms with Gasteiger partial charge in [0.1, 0.15) is 23.0 Å². The van der Waals surface area contributed by atoms with Gasteiger partial charge < -0.3 is 5.32 Å². The van der Waals surface area contributed by atoms with Gasteiger partial charge >= 0.3 is 18.0 Å². The van der Waals surface area contributed by atoms with Crippen molar-refractivity contribution in [3.63, 3.8) is 0 Å². The third-order valence-corrected chi connectivity index (χ3v) is 5.27. The van der Waals surface area contributed by atoms with Gasteiger partial charge in [-0.3, -0.25) is 9.78 Å². The molecular weight excluding hydrogens is 497 g/mol. The van der Waals surface area contributed by atoms with Crippen LogP contribution >= 0.6 is 11.6 Å². The van der Waals surface area contributed by atoms with Gasteiger partial charge in [-0.2, -0.15) is 26.3 Å². The molecule has 2 N–H and O–H groups in total. The van der Waals surface area contributed by atoms with Crippen molar-refractivity contribution in [2.75, 3.05) is 5.32 Å². The molecule has 0 saturated carbocycles. The fourth-order valence-corrected chi connectivity index (χ4v) is 3.66. The molecule has 178 valence electrons. The zero-order chi connectivity index (χ0) is 25.1. The molecule has 0 aliphatic carbocycles. The van der Waals surface area contributed by atoms with E-state index in [2.05, 4.69) is 10.3 Å². The zero-order valence-corrected chi connectivity index (χ0v) is 17.1. The Morgan fingerprint density at radius 3 is 2.06 bits per heavy atom. The Morgan fingerprint density at radius 2 is 1.50 bits per heavy atom. The fraction of sp³-hybridized carbons (Fsp3) is 0.150. The van der Waals surface area contributed by atoms with Crippen molar-refractivity contribution in [2.45, 2.75) is 17.9 Å². The number of nitrogens with one attached hydrogen (secondary N) is 2. The first-order valence-corrected chi connectivity index (χ1v) is 9.56. The van der Waals surface area contributed by atoms with Gasteiger partial charge in [0, 0.05) is 10.6 Å². The summed E-state index contributed by atoms with van der Waals surface area (Å²) in [5, 5.41) is 2.31. The van der Waals surface area contributed by atoms with Crippen molar-refractivity contribution in [3.8, 4) is 5.69 Å². The van der Waals surface area contributed by atoms with E-state index in [0.717, 1.165) is 24.3 Å². The Labute approximate surface area is 189 Å². The highest BCUT2D eigenvalue weighted by atomic mass is 35.5. The molecule has 1 aromatic heterocycles. The van der Waals surface area contributed by atoms with E-state index in [4.69, 9.17) is 11.6 Å². The molecule has 0 atom stereocenters. The van der Waals surface area contributed by atoms with Crippen LogP contribution in [0.1, 0.15) is 11.1 Å². The molecule has 34 heavy (non-hydrogen) atoms. The topological polar surface area (TPSA) is 79.2 Å². The lowest BCUT2D eigenvalue weighted by atomic mass is 9.87. The van der Waals surface area contributed by atoms with Gasteiger partial charge in [0.25, 0.3) is 11.1 Å². The summed E-state index contributed by atoms with van der Waals surface area (Å²) in [6.07, 6.45) is -12.4. The van der Waals surface area contributed by atoms with Crippen LogP contribution in [-0.2, 0) is 5.54 Å². The molecule has 0 fully saturated rings. The lowest BCUT2D eigenvalue weighted by molar-refractivity contribution is -0.301. The molecule has 2 heterocycles. The Kier molecular flexibility index (Phi) is 5.35. The molecule has 0 unspecified atom stereocenters. The first-order valence-electron chi connectivity index (χ1n) is 9.19. The molecule has 0 bridgehead atoms. The van der Waals surface area contributed by atoms with Crippen LogP contribution in [-0.4, -0.2) is 27.7 Å². The summed E-state index contributed by atoms with van der Waals surface area (Å²) in [6.45, 7) is 0. The first kappa shape index (κ1) is 23.5. The van der Waals surface area contributed by atoms with Gasteiger partial charge in [0.2, 0.25) is 0 Å². The largest absolute Gasteiger partial charge is 0.427 e. The van der Waals surface area contributed by atoms with Gasteiger partial charge in [-0.25, -0.2) is 18.7 Å². The van der Waals surface area contributed by atoms with E-state index in [1.165, 1.54) is 29.2 Å². The van der Waals surface area contributed by atoms with E-state index < -0.39 is 57.9 Å². The Morgan fingerprint density at radius 1 is 0.912 bits per heavy atom. The van der Waals surface area contributed by atoms with E-state index in [0.29, 0.717) is 0 Å². The van der Waals surface area contributed by atoms with Crippen LogP contribution in [0.25, 0.3) is 5.69 Å². The molecule has 1 aliphatic rings. The number of aliphatic imine (C=N–C) groups is 1. The summed E-state index contributed by atoms with van der Waals surface area (Å²) in [5.74, 6) is -3.37. The standard InChI is InChI=1S/C20H10ClF7N4O2/c21-10-7-5-9(6-8-10)14-29-15-13(18(31-14,19(23,24)25)20(26,27)28)16(33)30-17(34)32(15)12-4-2-1-3-11(12)22/h1-8H,(H,29,31)(H,30,33,34). The molecule has 6 nitrogen and oxygen atoms in total. The molecule has 0 amide bonds. The SMILES string of the molecule is O=c1[nH]c(=O)n(-c2ccccc2F)c2c1C(C(F)(F)F)(C(F)(F)F)N=C(c1ccc(Cl)cc1)N2. The molecule has 14 heteroatoms. The highest BCUT2D eigenvalue weighted by Crippen LogP contribution is 2.55. The van der Waals surface area contributed by atoms with Crippen LogP contribution in [0.4, 0.5) is 36.6 Å². The molecular formula is C20H10ClF7N4O2. The minimum Gasteiger partial charge on any atom is -0.325 e. The minimum atomic E-state index is -6.19. The van der Waals surface area contributed by atoms with E-state index in [1.54, 1.807) is 0 Å². The number of H-pyrrole nitrogens is 1. The number of fused-ring (bicyclic) bond motifs is 1. The monoisotopic (exact) mass is 506 g/mol. The maximum Gasteiger partial charge on any atom is 0.427 e. The predicted molar refractivity (Wildman–Crippen MR) is 108 cm³/mol. The third-order valence-electron chi connectivity index (χ3n) is 5.02. The smallest absolute Gasteiger partial charge is 0.325 e.